The van der Waals surface area contributed by atoms with Gasteiger partial charge >= 0.3 is 0 Å². The second-order valence-corrected chi connectivity index (χ2v) is 9.28. The molecule has 1 aromatic carbocycles. The number of nitrogens with two attached hydrogens (primary N) is 2. The first-order chi connectivity index (χ1) is 17.7. The standard InChI is InChI=1S/C26H35ClFN9/c1-18(29)24(17-23(30)21-15-19(27)3-4-22(21)28)34-20-5-8-33-26(16-20)35-25(31)6-7-32-9-10-37-13-11-36(2)12-14-37/h3-8,15-17,32H,9-14,29-30H2,1-2H3,(H3,31,33,34,35)/b7-6-,23-17-,24-18+. The molecule has 11 heteroatoms. The number of aromatic nitrogens is 1. The Morgan fingerprint density at radius 1 is 1.16 bits per heavy atom. The van der Waals surface area contributed by atoms with E-state index in [-0.39, 0.29) is 17.1 Å². The molecule has 1 aliphatic rings. The van der Waals surface area contributed by atoms with Crippen LogP contribution in [-0.4, -0.2) is 66.9 Å². The van der Waals surface area contributed by atoms with Gasteiger partial charge in [0.2, 0.25) is 0 Å². The summed E-state index contributed by atoms with van der Waals surface area (Å²) in [6, 6.07) is 7.66. The Hall–Kier alpha value is -3.60. The van der Waals surface area contributed by atoms with Crippen LogP contribution in [0, 0.1) is 11.2 Å². The van der Waals surface area contributed by atoms with Gasteiger partial charge in [-0.1, -0.05) is 11.6 Å². The van der Waals surface area contributed by atoms with Crippen LogP contribution < -0.4 is 27.4 Å². The summed E-state index contributed by atoms with van der Waals surface area (Å²) in [5, 5.41) is 17.9. The maximum absolute atomic E-state index is 14.2. The quantitative estimate of drug-likeness (QED) is 0.120. The lowest BCUT2D eigenvalue weighted by Gasteiger charge is -2.32. The molecule has 0 saturated carbocycles. The number of halogens is 2. The predicted octanol–water partition coefficient (Wildman–Crippen LogP) is 3.22. The summed E-state index contributed by atoms with van der Waals surface area (Å²) in [6.45, 7) is 7.83. The fraction of sp³-hybridized carbons (Fsp3) is 0.308. The Kier molecular flexibility index (Phi) is 10.3. The van der Waals surface area contributed by atoms with Crippen molar-refractivity contribution < 1.29 is 4.39 Å². The van der Waals surface area contributed by atoms with Crippen molar-refractivity contribution in [2.24, 2.45) is 11.5 Å². The molecule has 9 nitrogen and oxygen atoms in total. The van der Waals surface area contributed by atoms with Gasteiger partial charge in [-0.2, -0.15) is 0 Å². The van der Waals surface area contributed by atoms with Crippen LogP contribution in [0.15, 0.2) is 66.3 Å². The van der Waals surface area contributed by atoms with Gasteiger partial charge in [0.1, 0.15) is 17.5 Å². The zero-order chi connectivity index (χ0) is 26.8. The first kappa shape index (κ1) is 28.0. The molecule has 0 radical (unpaired) electrons. The molecular weight excluding hydrogens is 493 g/mol. The smallest absolute Gasteiger partial charge is 0.133 e. The van der Waals surface area contributed by atoms with Gasteiger partial charge in [-0.25, -0.2) is 9.37 Å². The van der Waals surface area contributed by atoms with E-state index in [0.29, 0.717) is 27.9 Å². The van der Waals surface area contributed by atoms with Crippen LogP contribution in [0.2, 0.25) is 5.02 Å². The van der Waals surface area contributed by atoms with Crippen molar-refractivity contribution in [1.82, 2.24) is 20.1 Å². The van der Waals surface area contributed by atoms with Gasteiger partial charge in [-0.05, 0) is 50.4 Å². The molecular formula is C26H35ClFN9. The first-order valence-electron chi connectivity index (χ1n) is 12.0. The summed E-state index contributed by atoms with van der Waals surface area (Å²) < 4.78 is 14.2. The largest absolute Gasteiger partial charge is 0.401 e. The molecule has 1 aliphatic heterocycles. The second-order valence-electron chi connectivity index (χ2n) is 8.85. The molecule has 0 bridgehead atoms. The average molecular weight is 528 g/mol. The Morgan fingerprint density at radius 3 is 2.65 bits per heavy atom. The maximum atomic E-state index is 14.2. The van der Waals surface area contributed by atoms with Gasteiger partial charge in [0, 0.05) is 85.4 Å². The molecule has 0 spiro atoms. The van der Waals surface area contributed by atoms with Gasteiger partial charge < -0.3 is 32.3 Å². The molecule has 0 amide bonds. The highest BCUT2D eigenvalue weighted by atomic mass is 35.5. The summed E-state index contributed by atoms with van der Waals surface area (Å²) in [5.74, 6) is 0.176. The lowest BCUT2D eigenvalue weighted by Crippen LogP contribution is -2.46. The monoisotopic (exact) mass is 527 g/mol. The van der Waals surface area contributed by atoms with Gasteiger partial charge in [-0.3, -0.25) is 10.3 Å². The number of nitrogens with one attached hydrogen (secondary N) is 4. The molecule has 3 rings (SSSR count). The lowest BCUT2D eigenvalue weighted by atomic mass is 10.1. The molecule has 0 atom stereocenters. The number of allylic oxidation sites excluding steroid dienone is 2. The highest BCUT2D eigenvalue weighted by Gasteiger charge is 2.12. The van der Waals surface area contributed by atoms with Crippen LogP contribution in [-0.2, 0) is 0 Å². The van der Waals surface area contributed by atoms with Crippen molar-refractivity contribution in [2.75, 3.05) is 56.9 Å². The third-order valence-corrected chi connectivity index (χ3v) is 6.04. The molecule has 37 heavy (non-hydrogen) atoms. The molecule has 2 aromatic rings. The van der Waals surface area contributed by atoms with E-state index in [4.69, 9.17) is 28.5 Å². The highest BCUT2D eigenvalue weighted by Crippen LogP contribution is 2.22. The molecule has 198 valence electrons. The van der Waals surface area contributed by atoms with E-state index in [1.54, 1.807) is 43.6 Å². The van der Waals surface area contributed by atoms with Crippen LogP contribution in [0.1, 0.15) is 12.5 Å². The summed E-state index contributed by atoms with van der Waals surface area (Å²) in [7, 11) is 2.14. The Bertz CT molecular complexity index is 1170. The molecule has 8 N–H and O–H groups in total. The Balaban J connectivity index is 1.55. The van der Waals surface area contributed by atoms with Crippen LogP contribution in [0.5, 0.6) is 0 Å². The van der Waals surface area contributed by atoms with Crippen molar-refractivity contribution in [3.05, 3.63) is 82.7 Å². The number of benzene rings is 1. The molecule has 2 heterocycles. The van der Waals surface area contributed by atoms with Gasteiger partial charge in [-0.15, -0.1) is 0 Å². The summed E-state index contributed by atoms with van der Waals surface area (Å²) >= 11 is 5.99. The number of nitrogens with zero attached hydrogens (tertiary/aromatic N) is 3. The third-order valence-electron chi connectivity index (χ3n) is 5.80. The zero-order valence-electron chi connectivity index (χ0n) is 21.2. The van der Waals surface area contributed by atoms with Crippen molar-refractivity contribution in [3.63, 3.8) is 0 Å². The number of hydrogen-bond donors (Lipinski definition) is 6. The minimum absolute atomic E-state index is 0.173. The zero-order valence-corrected chi connectivity index (χ0v) is 21.9. The Morgan fingerprint density at radius 2 is 1.92 bits per heavy atom. The fourth-order valence-corrected chi connectivity index (χ4v) is 3.80. The van der Waals surface area contributed by atoms with E-state index in [0.717, 1.165) is 39.3 Å². The van der Waals surface area contributed by atoms with Crippen LogP contribution in [0.25, 0.3) is 5.70 Å². The molecule has 1 saturated heterocycles. The van der Waals surface area contributed by atoms with E-state index in [1.165, 1.54) is 18.2 Å². The van der Waals surface area contributed by atoms with Crippen molar-refractivity contribution in [1.29, 1.82) is 5.41 Å². The van der Waals surface area contributed by atoms with Crippen LogP contribution in [0.4, 0.5) is 15.9 Å². The van der Waals surface area contributed by atoms with Crippen LogP contribution in [0.3, 0.4) is 0 Å². The summed E-state index contributed by atoms with van der Waals surface area (Å²) in [4.78, 5) is 9.02. The number of pyridine rings is 1. The third kappa shape index (κ3) is 9.09. The van der Waals surface area contributed by atoms with Gasteiger partial charge in [0.15, 0.2) is 0 Å². The van der Waals surface area contributed by atoms with E-state index in [2.05, 4.69) is 37.8 Å². The van der Waals surface area contributed by atoms with E-state index in [9.17, 15) is 4.39 Å². The average Bonchev–Trinajstić information content (AvgIpc) is 2.86. The SMILES string of the molecule is C/C(N)=C(/C=C(\N)c1cc(Cl)ccc1F)Nc1ccnc(NC(=N)/C=C\NCCN2CCN(C)CC2)c1. The van der Waals surface area contributed by atoms with E-state index >= 15 is 0 Å². The number of rotatable bonds is 10. The molecule has 1 fully saturated rings. The number of likely N-dealkylation sites (N-methyl/N-ethyl adjacent to an activating group) is 1. The highest BCUT2D eigenvalue weighted by molar-refractivity contribution is 6.30. The second kappa shape index (κ2) is 13.6. The normalized spacial score (nSPS) is 15.9. The predicted molar refractivity (Wildman–Crippen MR) is 151 cm³/mol. The van der Waals surface area contributed by atoms with Crippen molar-refractivity contribution in [3.8, 4) is 0 Å². The fourth-order valence-electron chi connectivity index (χ4n) is 3.63. The topological polar surface area (TPSA) is 131 Å². The van der Waals surface area contributed by atoms with E-state index < -0.39 is 5.82 Å². The Labute approximate surface area is 222 Å². The molecule has 0 unspecified atom stereocenters. The number of hydrogen-bond acceptors (Lipinski definition) is 8. The summed E-state index contributed by atoms with van der Waals surface area (Å²) in [6.07, 6.45) is 6.55. The minimum atomic E-state index is -0.483. The summed E-state index contributed by atoms with van der Waals surface area (Å²) in [5.41, 5.74) is 14.1. The van der Waals surface area contributed by atoms with Crippen molar-refractivity contribution >= 4 is 34.6 Å². The van der Waals surface area contributed by atoms with Gasteiger partial charge in [0.25, 0.3) is 0 Å². The number of anilines is 2. The molecule has 1 aromatic heterocycles. The lowest BCUT2D eigenvalue weighted by molar-refractivity contribution is 0.156. The van der Waals surface area contributed by atoms with Crippen molar-refractivity contribution in [2.45, 2.75) is 6.92 Å². The van der Waals surface area contributed by atoms with E-state index in [1.807, 2.05) is 0 Å². The number of piperazine rings is 1. The first-order valence-corrected chi connectivity index (χ1v) is 12.4. The molecule has 0 aliphatic carbocycles. The maximum Gasteiger partial charge on any atom is 0.133 e. The van der Waals surface area contributed by atoms with Gasteiger partial charge in [0.05, 0.1) is 5.70 Å². The van der Waals surface area contributed by atoms with Crippen LogP contribution >= 0.6 is 11.6 Å². The number of amidine groups is 1. The minimum Gasteiger partial charge on any atom is -0.401 e.